The van der Waals surface area contributed by atoms with Crippen LogP contribution < -0.4 is 11.1 Å². The molecule has 0 rings (SSSR count). The van der Waals surface area contributed by atoms with Gasteiger partial charge in [0.15, 0.2) is 0 Å². The molecule has 142 valence electrons. The number of rotatable bonds is 11. The smallest absolute Gasteiger partial charge is 0.323 e. The summed E-state index contributed by atoms with van der Waals surface area (Å²) in [5.41, 5.74) is 5.34. The Morgan fingerprint density at radius 3 is 2.32 bits per heavy atom. The van der Waals surface area contributed by atoms with E-state index in [0.717, 1.165) is 17.7 Å². The number of carboxylic acids is 1. The van der Waals surface area contributed by atoms with Crippen molar-refractivity contribution in [2.75, 3.05) is 33.7 Å². The van der Waals surface area contributed by atoms with Crippen molar-refractivity contribution in [1.29, 1.82) is 0 Å². The van der Waals surface area contributed by atoms with Gasteiger partial charge in [-0.2, -0.15) is 0 Å². The highest BCUT2D eigenvalue weighted by Gasteiger charge is 2.25. The summed E-state index contributed by atoms with van der Waals surface area (Å²) in [6.45, 7) is 1.00. The molecule has 4 N–H and O–H groups in total. The van der Waals surface area contributed by atoms with Crippen molar-refractivity contribution < 1.29 is 24.3 Å². The molecule has 0 radical (unpaired) electrons. The van der Waals surface area contributed by atoms with Crippen LogP contribution in [-0.2, 0) is 19.2 Å². The number of aliphatic carboxylic acids is 1. The van der Waals surface area contributed by atoms with Crippen LogP contribution in [0.2, 0.25) is 0 Å². The Bertz CT molecular complexity index is 507. The van der Waals surface area contributed by atoms with Crippen LogP contribution in [0.5, 0.6) is 0 Å². The summed E-state index contributed by atoms with van der Waals surface area (Å²) < 4.78 is 0. The van der Waals surface area contributed by atoms with Gasteiger partial charge in [0.05, 0.1) is 13.1 Å². The van der Waals surface area contributed by atoms with Gasteiger partial charge in [0.25, 0.3) is 0 Å². The lowest BCUT2D eigenvalue weighted by Crippen LogP contribution is -2.51. The second-order valence-electron chi connectivity index (χ2n) is 5.58. The van der Waals surface area contributed by atoms with Gasteiger partial charge < -0.3 is 26.0 Å². The Balaban J connectivity index is 4.82. The molecular formula is C16H28N4O5. The summed E-state index contributed by atoms with van der Waals surface area (Å²) in [4.78, 5) is 48.7. The van der Waals surface area contributed by atoms with Crippen LogP contribution in [0, 0.1) is 0 Å². The zero-order valence-electron chi connectivity index (χ0n) is 15.0. The predicted octanol–water partition coefficient (Wildman–Crippen LogP) is -0.822. The molecule has 0 aliphatic heterocycles. The number of hydrogen-bond donors (Lipinski definition) is 3. The summed E-state index contributed by atoms with van der Waals surface area (Å²) in [7, 11) is 2.81. The highest BCUT2D eigenvalue weighted by Crippen LogP contribution is 2.05. The van der Waals surface area contributed by atoms with E-state index in [1.807, 2.05) is 19.1 Å². The Hall–Kier alpha value is -2.42. The van der Waals surface area contributed by atoms with Gasteiger partial charge in [0.1, 0.15) is 12.6 Å². The highest BCUT2D eigenvalue weighted by atomic mass is 16.4. The molecule has 0 aliphatic carbocycles. The first kappa shape index (κ1) is 22.6. The van der Waals surface area contributed by atoms with Gasteiger partial charge in [0, 0.05) is 14.1 Å². The number of carbonyl (C=O) groups excluding carboxylic acids is 3. The Morgan fingerprint density at radius 2 is 1.80 bits per heavy atom. The maximum absolute atomic E-state index is 12.4. The molecule has 9 heteroatoms. The van der Waals surface area contributed by atoms with Gasteiger partial charge in [-0.05, 0) is 12.8 Å². The number of hydrogen-bond acceptors (Lipinski definition) is 5. The van der Waals surface area contributed by atoms with Crippen molar-refractivity contribution in [3.8, 4) is 0 Å². The number of carbonyl (C=O) groups is 4. The summed E-state index contributed by atoms with van der Waals surface area (Å²) in [6.07, 6.45) is 5.86. The predicted molar refractivity (Wildman–Crippen MR) is 92.6 cm³/mol. The van der Waals surface area contributed by atoms with Crippen LogP contribution in [-0.4, -0.2) is 78.4 Å². The van der Waals surface area contributed by atoms with Crippen molar-refractivity contribution in [2.45, 2.75) is 32.2 Å². The summed E-state index contributed by atoms with van der Waals surface area (Å²) in [6, 6.07) is -0.790. The third-order valence-corrected chi connectivity index (χ3v) is 3.53. The first-order chi connectivity index (χ1) is 11.7. The van der Waals surface area contributed by atoms with E-state index in [1.54, 1.807) is 0 Å². The molecular weight excluding hydrogens is 328 g/mol. The van der Waals surface area contributed by atoms with E-state index in [2.05, 4.69) is 5.32 Å². The fourth-order valence-electron chi connectivity index (χ4n) is 1.98. The van der Waals surface area contributed by atoms with Crippen molar-refractivity contribution in [3.63, 3.8) is 0 Å². The van der Waals surface area contributed by atoms with Crippen LogP contribution in [0.1, 0.15) is 26.2 Å². The molecule has 1 atom stereocenters. The van der Waals surface area contributed by atoms with E-state index in [1.165, 1.54) is 19.0 Å². The third-order valence-electron chi connectivity index (χ3n) is 3.53. The van der Waals surface area contributed by atoms with Crippen LogP contribution >= 0.6 is 0 Å². The average molecular weight is 356 g/mol. The Kier molecular flexibility index (Phi) is 10.9. The first-order valence-corrected chi connectivity index (χ1v) is 8.08. The minimum atomic E-state index is -1.14. The standard InChI is InChI=1S/C16H28N4O5/c1-4-5-6-7-8-12(20(3)13(21)9-17)16(25)18-10-14(22)19(2)11-15(23)24/h6-7,12H,4-5,8-11,17H2,1-3H3,(H,18,25)(H,23,24)/b7-6+. The summed E-state index contributed by atoms with van der Waals surface area (Å²) >= 11 is 0. The van der Waals surface area contributed by atoms with Crippen LogP contribution in [0.25, 0.3) is 0 Å². The quantitative estimate of drug-likeness (QED) is 0.414. The number of nitrogens with zero attached hydrogens (tertiary/aromatic N) is 2. The first-order valence-electron chi connectivity index (χ1n) is 8.08. The number of nitrogens with two attached hydrogens (primary N) is 1. The SMILES string of the molecule is CCC/C=C/CC(C(=O)NCC(=O)N(C)CC(=O)O)N(C)C(=O)CN. The fraction of sp³-hybridized carbons (Fsp3) is 0.625. The van der Waals surface area contributed by atoms with Gasteiger partial charge in [-0.3, -0.25) is 19.2 Å². The number of allylic oxidation sites excluding steroid dienone is 1. The molecule has 0 heterocycles. The Labute approximate surface area is 147 Å². The number of nitrogens with one attached hydrogen (secondary N) is 1. The zero-order valence-corrected chi connectivity index (χ0v) is 15.0. The van der Waals surface area contributed by atoms with E-state index in [4.69, 9.17) is 10.8 Å². The van der Waals surface area contributed by atoms with E-state index in [9.17, 15) is 19.2 Å². The van der Waals surface area contributed by atoms with Gasteiger partial charge in [0.2, 0.25) is 17.7 Å². The van der Waals surface area contributed by atoms with Gasteiger partial charge in [-0.1, -0.05) is 25.5 Å². The van der Waals surface area contributed by atoms with Crippen molar-refractivity contribution in [2.24, 2.45) is 5.73 Å². The number of unbranched alkanes of at least 4 members (excludes halogenated alkanes) is 1. The van der Waals surface area contributed by atoms with Crippen molar-refractivity contribution in [1.82, 2.24) is 15.1 Å². The average Bonchev–Trinajstić information content (AvgIpc) is 2.57. The molecule has 0 bridgehead atoms. The van der Waals surface area contributed by atoms with Crippen molar-refractivity contribution in [3.05, 3.63) is 12.2 Å². The van der Waals surface area contributed by atoms with E-state index >= 15 is 0 Å². The monoisotopic (exact) mass is 356 g/mol. The van der Waals surface area contributed by atoms with Gasteiger partial charge in [-0.25, -0.2) is 0 Å². The molecule has 25 heavy (non-hydrogen) atoms. The van der Waals surface area contributed by atoms with E-state index in [-0.39, 0.29) is 13.1 Å². The maximum atomic E-state index is 12.4. The molecule has 0 saturated heterocycles. The summed E-state index contributed by atoms with van der Waals surface area (Å²) in [5.74, 6) is -2.57. The molecule has 0 fully saturated rings. The lowest BCUT2D eigenvalue weighted by Gasteiger charge is -2.26. The largest absolute Gasteiger partial charge is 0.480 e. The Morgan fingerprint density at radius 1 is 1.16 bits per heavy atom. The third kappa shape index (κ3) is 8.85. The van der Waals surface area contributed by atoms with E-state index < -0.39 is 36.3 Å². The molecule has 0 saturated carbocycles. The molecule has 3 amide bonds. The topological polar surface area (TPSA) is 133 Å². The molecule has 0 aromatic rings. The second-order valence-corrected chi connectivity index (χ2v) is 5.58. The number of likely N-dealkylation sites (N-methyl/N-ethyl adjacent to an activating group) is 2. The second kappa shape index (κ2) is 12.0. The minimum absolute atomic E-state index is 0.223. The van der Waals surface area contributed by atoms with Crippen LogP contribution in [0.3, 0.4) is 0 Å². The van der Waals surface area contributed by atoms with Crippen LogP contribution in [0.15, 0.2) is 12.2 Å². The normalized spacial score (nSPS) is 11.8. The lowest BCUT2D eigenvalue weighted by molar-refractivity contribution is -0.143. The lowest BCUT2D eigenvalue weighted by atomic mass is 10.1. The molecule has 0 spiro atoms. The number of carboxylic acid groups (broad SMARTS) is 1. The van der Waals surface area contributed by atoms with Gasteiger partial charge in [-0.15, -0.1) is 0 Å². The maximum Gasteiger partial charge on any atom is 0.323 e. The molecule has 0 aromatic heterocycles. The molecule has 9 nitrogen and oxygen atoms in total. The van der Waals surface area contributed by atoms with Gasteiger partial charge >= 0.3 is 5.97 Å². The molecule has 0 aromatic carbocycles. The zero-order chi connectivity index (χ0) is 19.4. The highest BCUT2D eigenvalue weighted by molar-refractivity contribution is 5.91. The van der Waals surface area contributed by atoms with Crippen molar-refractivity contribution >= 4 is 23.7 Å². The fourth-order valence-corrected chi connectivity index (χ4v) is 1.98. The minimum Gasteiger partial charge on any atom is -0.480 e. The van der Waals surface area contributed by atoms with E-state index in [0.29, 0.717) is 6.42 Å². The van der Waals surface area contributed by atoms with Crippen LogP contribution in [0.4, 0.5) is 0 Å². The molecule has 0 aliphatic rings. The molecule has 1 unspecified atom stereocenters. The summed E-state index contributed by atoms with van der Waals surface area (Å²) in [5, 5.41) is 11.1. The number of amides is 3.